The molecule has 1 aliphatic rings. The second-order valence-electron chi connectivity index (χ2n) is 4.14. The molecule has 16 heavy (non-hydrogen) atoms. The molecular formula is C12H13FN2O. The van der Waals surface area contributed by atoms with Crippen LogP contribution in [0.1, 0.15) is 24.6 Å². The van der Waals surface area contributed by atoms with Crippen LogP contribution in [-0.2, 0) is 4.74 Å². The first-order valence-corrected chi connectivity index (χ1v) is 5.56. The largest absolute Gasteiger partial charge is 0.381 e. The Hall–Kier alpha value is -1.42. The molecule has 3 nitrogen and oxygen atoms in total. The molecule has 1 N–H and O–H groups in total. The van der Waals surface area contributed by atoms with Gasteiger partial charge < -0.3 is 9.72 Å². The van der Waals surface area contributed by atoms with Crippen molar-refractivity contribution in [2.24, 2.45) is 0 Å². The molecule has 0 unspecified atom stereocenters. The maximum absolute atomic E-state index is 13.5. The zero-order valence-electron chi connectivity index (χ0n) is 8.87. The third-order valence-electron chi connectivity index (χ3n) is 3.09. The van der Waals surface area contributed by atoms with E-state index in [4.69, 9.17) is 4.74 Å². The lowest BCUT2D eigenvalue weighted by molar-refractivity contribution is 0.0838. The van der Waals surface area contributed by atoms with Crippen LogP contribution in [0.3, 0.4) is 0 Å². The summed E-state index contributed by atoms with van der Waals surface area (Å²) >= 11 is 0. The number of fused-ring (bicyclic) bond motifs is 1. The summed E-state index contributed by atoms with van der Waals surface area (Å²) in [5.74, 6) is 1.01. The van der Waals surface area contributed by atoms with Gasteiger partial charge in [-0.05, 0) is 25.0 Å². The number of imidazole rings is 1. The minimum Gasteiger partial charge on any atom is -0.381 e. The number of para-hydroxylation sites is 1. The third-order valence-corrected chi connectivity index (χ3v) is 3.09. The van der Waals surface area contributed by atoms with E-state index in [9.17, 15) is 4.39 Å². The molecule has 1 aromatic carbocycles. The Morgan fingerprint density at radius 3 is 2.88 bits per heavy atom. The first-order valence-electron chi connectivity index (χ1n) is 5.56. The summed E-state index contributed by atoms with van der Waals surface area (Å²) in [5.41, 5.74) is 1.23. The highest BCUT2D eigenvalue weighted by Gasteiger charge is 2.19. The van der Waals surface area contributed by atoms with Crippen LogP contribution in [0.25, 0.3) is 11.0 Å². The number of benzene rings is 1. The number of aromatic nitrogens is 2. The normalized spacial score (nSPS) is 18.1. The number of nitrogens with one attached hydrogen (secondary N) is 1. The second-order valence-corrected chi connectivity index (χ2v) is 4.14. The SMILES string of the molecule is Fc1cccc2[nH]c(C3CCOCC3)nc12. The Bertz CT molecular complexity index is 503. The fourth-order valence-electron chi connectivity index (χ4n) is 2.18. The Morgan fingerprint density at radius 2 is 2.12 bits per heavy atom. The predicted octanol–water partition coefficient (Wildman–Crippen LogP) is 2.60. The Kier molecular flexibility index (Phi) is 2.36. The van der Waals surface area contributed by atoms with E-state index in [0.29, 0.717) is 11.4 Å². The number of nitrogens with zero attached hydrogens (tertiary/aromatic N) is 1. The standard InChI is InChI=1S/C12H13FN2O/c13-9-2-1-3-10-11(9)15-12(14-10)8-4-6-16-7-5-8/h1-3,8H,4-7H2,(H,14,15). The number of H-pyrrole nitrogens is 1. The van der Waals surface area contributed by atoms with Crippen molar-refractivity contribution < 1.29 is 9.13 Å². The van der Waals surface area contributed by atoms with Crippen LogP contribution in [0.2, 0.25) is 0 Å². The molecule has 0 radical (unpaired) electrons. The van der Waals surface area contributed by atoms with Gasteiger partial charge in [0.05, 0.1) is 5.52 Å². The number of rotatable bonds is 1. The zero-order valence-corrected chi connectivity index (χ0v) is 8.87. The van der Waals surface area contributed by atoms with Gasteiger partial charge in [-0.15, -0.1) is 0 Å². The summed E-state index contributed by atoms with van der Waals surface area (Å²) in [6, 6.07) is 4.99. The van der Waals surface area contributed by atoms with Gasteiger partial charge in [0.1, 0.15) is 11.3 Å². The molecule has 1 aromatic heterocycles. The Balaban J connectivity index is 2.01. The molecular weight excluding hydrogens is 207 g/mol. The van der Waals surface area contributed by atoms with Crippen LogP contribution >= 0.6 is 0 Å². The van der Waals surface area contributed by atoms with Gasteiger partial charge in [-0.3, -0.25) is 0 Å². The molecule has 2 aromatic rings. The highest BCUT2D eigenvalue weighted by Crippen LogP contribution is 2.27. The van der Waals surface area contributed by atoms with Crippen LogP contribution in [0.4, 0.5) is 4.39 Å². The quantitative estimate of drug-likeness (QED) is 0.802. The average Bonchev–Trinajstić information content (AvgIpc) is 2.76. The van der Waals surface area contributed by atoms with E-state index >= 15 is 0 Å². The van der Waals surface area contributed by atoms with E-state index in [0.717, 1.165) is 37.4 Å². The van der Waals surface area contributed by atoms with Gasteiger partial charge in [0.25, 0.3) is 0 Å². The van der Waals surface area contributed by atoms with Crippen molar-refractivity contribution in [3.63, 3.8) is 0 Å². The summed E-state index contributed by atoms with van der Waals surface area (Å²) in [7, 11) is 0. The van der Waals surface area contributed by atoms with E-state index in [1.807, 2.05) is 6.07 Å². The van der Waals surface area contributed by atoms with E-state index < -0.39 is 0 Å². The van der Waals surface area contributed by atoms with Gasteiger partial charge in [0.2, 0.25) is 0 Å². The summed E-state index contributed by atoms with van der Waals surface area (Å²) < 4.78 is 18.8. The van der Waals surface area contributed by atoms with Crippen molar-refractivity contribution in [1.82, 2.24) is 9.97 Å². The molecule has 1 saturated heterocycles. The number of halogens is 1. The van der Waals surface area contributed by atoms with Crippen molar-refractivity contribution in [3.8, 4) is 0 Å². The summed E-state index contributed by atoms with van der Waals surface area (Å²) in [6.07, 6.45) is 1.92. The molecule has 0 atom stereocenters. The van der Waals surface area contributed by atoms with E-state index in [2.05, 4.69) is 9.97 Å². The van der Waals surface area contributed by atoms with Gasteiger partial charge in [-0.1, -0.05) is 6.07 Å². The van der Waals surface area contributed by atoms with Crippen molar-refractivity contribution in [2.75, 3.05) is 13.2 Å². The van der Waals surface area contributed by atoms with E-state index in [1.165, 1.54) is 6.07 Å². The van der Waals surface area contributed by atoms with E-state index in [1.54, 1.807) is 6.07 Å². The van der Waals surface area contributed by atoms with Crippen molar-refractivity contribution >= 4 is 11.0 Å². The van der Waals surface area contributed by atoms with Crippen LogP contribution in [-0.4, -0.2) is 23.2 Å². The van der Waals surface area contributed by atoms with Crippen LogP contribution in [0.15, 0.2) is 18.2 Å². The predicted molar refractivity (Wildman–Crippen MR) is 58.8 cm³/mol. The molecule has 0 bridgehead atoms. The maximum Gasteiger partial charge on any atom is 0.151 e. The summed E-state index contributed by atoms with van der Waals surface area (Å²) in [5, 5.41) is 0. The zero-order chi connectivity index (χ0) is 11.0. The monoisotopic (exact) mass is 220 g/mol. The first-order chi connectivity index (χ1) is 7.84. The van der Waals surface area contributed by atoms with Gasteiger partial charge in [0.15, 0.2) is 5.82 Å². The number of hydrogen-bond acceptors (Lipinski definition) is 2. The molecule has 0 amide bonds. The molecule has 1 aliphatic heterocycles. The molecule has 0 aliphatic carbocycles. The highest BCUT2D eigenvalue weighted by molar-refractivity contribution is 5.75. The van der Waals surface area contributed by atoms with E-state index in [-0.39, 0.29) is 5.82 Å². The lowest BCUT2D eigenvalue weighted by Gasteiger charge is -2.19. The minimum atomic E-state index is -0.257. The van der Waals surface area contributed by atoms with Crippen LogP contribution in [0, 0.1) is 5.82 Å². The second kappa shape index (κ2) is 3.87. The number of aromatic amines is 1. The van der Waals surface area contributed by atoms with Crippen molar-refractivity contribution in [1.29, 1.82) is 0 Å². The topological polar surface area (TPSA) is 37.9 Å². The Labute approximate surface area is 92.6 Å². The lowest BCUT2D eigenvalue weighted by atomic mass is 10.00. The maximum atomic E-state index is 13.5. The molecule has 0 spiro atoms. The smallest absolute Gasteiger partial charge is 0.151 e. The molecule has 4 heteroatoms. The van der Waals surface area contributed by atoms with Crippen LogP contribution < -0.4 is 0 Å². The van der Waals surface area contributed by atoms with Crippen molar-refractivity contribution in [3.05, 3.63) is 29.8 Å². The summed E-state index contributed by atoms with van der Waals surface area (Å²) in [6.45, 7) is 1.54. The van der Waals surface area contributed by atoms with Gasteiger partial charge in [-0.2, -0.15) is 0 Å². The highest BCUT2D eigenvalue weighted by atomic mass is 19.1. The molecule has 0 saturated carbocycles. The molecule has 2 heterocycles. The number of hydrogen-bond donors (Lipinski definition) is 1. The van der Waals surface area contributed by atoms with Gasteiger partial charge >= 0.3 is 0 Å². The van der Waals surface area contributed by atoms with Gasteiger partial charge in [-0.25, -0.2) is 9.37 Å². The minimum absolute atomic E-state index is 0.257. The molecule has 84 valence electrons. The van der Waals surface area contributed by atoms with Crippen LogP contribution in [0.5, 0.6) is 0 Å². The first kappa shape index (κ1) is 9.78. The molecule has 1 fully saturated rings. The molecule has 3 rings (SSSR count). The average molecular weight is 220 g/mol. The summed E-state index contributed by atoms with van der Waals surface area (Å²) in [4.78, 5) is 7.55. The Morgan fingerprint density at radius 1 is 1.31 bits per heavy atom. The van der Waals surface area contributed by atoms with Gasteiger partial charge in [0, 0.05) is 19.1 Å². The fraction of sp³-hybridized carbons (Fsp3) is 0.417. The van der Waals surface area contributed by atoms with Crippen molar-refractivity contribution in [2.45, 2.75) is 18.8 Å². The lowest BCUT2D eigenvalue weighted by Crippen LogP contribution is -2.15. The number of ether oxygens (including phenoxy) is 1. The fourth-order valence-corrected chi connectivity index (χ4v) is 2.18. The third kappa shape index (κ3) is 1.59.